The zero-order valence-corrected chi connectivity index (χ0v) is 16.0. The number of benzene rings is 2. The third-order valence-electron chi connectivity index (χ3n) is 3.40. The molecule has 0 saturated carbocycles. The second kappa shape index (κ2) is 9.86. The summed E-state index contributed by atoms with van der Waals surface area (Å²) >= 11 is 0. The Hall–Kier alpha value is -2.16. The lowest BCUT2D eigenvalue weighted by Crippen LogP contribution is -2.36. The number of halogens is 1. The van der Waals surface area contributed by atoms with E-state index in [4.69, 9.17) is 0 Å². The highest BCUT2D eigenvalue weighted by molar-refractivity contribution is 14.0. The molecule has 2 aromatic rings. The highest BCUT2D eigenvalue weighted by atomic mass is 127. The number of rotatable bonds is 5. The molecule has 0 aliphatic carbocycles. The summed E-state index contributed by atoms with van der Waals surface area (Å²) in [6.07, 6.45) is 0. The van der Waals surface area contributed by atoms with Crippen LogP contribution in [0.25, 0.3) is 0 Å². The van der Waals surface area contributed by atoms with E-state index in [-0.39, 0.29) is 34.6 Å². The van der Waals surface area contributed by atoms with E-state index < -0.39 is 0 Å². The summed E-state index contributed by atoms with van der Waals surface area (Å²) in [7, 11) is 1.67. The average Bonchev–Trinajstić information content (AvgIpc) is 2.55. The number of nitrogens with zero attached hydrogens (tertiary/aromatic N) is 2. The summed E-state index contributed by atoms with van der Waals surface area (Å²) in [6.45, 7) is 3.02. The molecule has 0 fully saturated rings. The van der Waals surface area contributed by atoms with Gasteiger partial charge < -0.3 is 10.6 Å². The van der Waals surface area contributed by atoms with Gasteiger partial charge in [0.2, 0.25) is 0 Å². The topological polar surface area (TPSA) is 79.6 Å². The van der Waals surface area contributed by atoms with Gasteiger partial charge in [0.15, 0.2) is 5.96 Å². The molecule has 0 amide bonds. The van der Waals surface area contributed by atoms with Crippen molar-refractivity contribution in [2.24, 2.45) is 4.99 Å². The molecule has 2 N–H and O–H groups in total. The largest absolute Gasteiger partial charge is 0.352 e. The lowest BCUT2D eigenvalue weighted by Gasteiger charge is -2.12. The molecule has 0 aromatic heterocycles. The molecule has 0 heterocycles. The maximum Gasteiger partial charge on any atom is 0.274 e. The summed E-state index contributed by atoms with van der Waals surface area (Å²) in [5.74, 6) is 0.602. The van der Waals surface area contributed by atoms with E-state index in [1.807, 2.05) is 25.1 Å². The van der Waals surface area contributed by atoms with Crippen LogP contribution in [0.4, 0.5) is 5.69 Å². The molecule has 2 rings (SSSR count). The molecule has 0 bridgehead atoms. The van der Waals surface area contributed by atoms with Gasteiger partial charge in [-0.25, -0.2) is 0 Å². The van der Waals surface area contributed by atoms with Crippen LogP contribution in [0.15, 0.2) is 53.5 Å². The van der Waals surface area contributed by atoms with Gasteiger partial charge in [-0.1, -0.05) is 48.0 Å². The van der Waals surface area contributed by atoms with E-state index in [0.717, 1.165) is 5.56 Å². The summed E-state index contributed by atoms with van der Waals surface area (Å²) < 4.78 is 0. The van der Waals surface area contributed by atoms with Crippen molar-refractivity contribution in [2.75, 3.05) is 7.05 Å². The molecule has 24 heavy (non-hydrogen) atoms. The van der Waals surface area contributed by atoms with Gasteiger partial charge in [0.25, 0.3) is 5.69 Å². The zero-order chi connectivity index (χ0) is 16.7. The maximum atomic E-state index is 11.0. The lowest BCUT2D eigenvalue weighted by molar-refractivity contribution is -0.385. The minimum Gasteiger partial charge on any atom is -0.352 e. The number of aliphatic imine (C=N–C) groups is 1. The van der Waals surface area contributed by atoms with Crippen LogP contribution in [0.1, 0.15) is 16.7 Å². The number of guanidine groups is 1. The zero-order valence-electron chi connectivity index (χ0n) is 13.7. The Bertz CT molecular complexity index is 719. The van der Waals surface area contributed by atoms with Crippen molar-refractivity contribution >= 4 is 35.6 Å². The predicted molar refractivity (Wildman–Crippen MR) is 107 cm³/mol. The number of aryl methyl sites for hydroxylation is 1. The Kier molecular flexibility index (Phi) is 8.17. The van der Waals surface area contributed by atoms with Crippen LogP contribution in [0, 0.1) is 17.0 Å². The molecule has 0 radical (unpaired) electrons. The van der Waals surface area contributed by atoms with Gasteiger partial charge in [0.05, 0.1) is 4.92 Å². The molecule has 0 saturated heterocycles. The number of para-hydroxylation sites is 1. The maximum absolute atomic E-state index is 11.0. The van der Waals surface area contributed by atoms with Crippen molar-refractivity contribution in [3.63, 3.8) is 0 Å². The minimum absolute atomic E-state index is 0. The van der Waals surface area contributed by atoms with Crippen LogP contribution in [0.5, 0.6) is 0 Å². The molecule has 128 valence electrons. The molecule has 0 unspecified atom stereocenters. The molecular weight excluding hydrogens is 419 g/mol. The lowest BCUT2D eigenvalue weighted by atomic mass is 10.1. The summed E-state index contributed by atoms with van der Waals surface area (Å²) in [4.78, 5) is 14.8. The molecule has 0 aliphatic rings. The average molecular weight is 440 g/mol. The minimum atomic E-state index is -0.375. The molecule has 6 nitrogen and oxygen atoms in total. The van der Waals surface area contributed by atoms with Crippen LogP contribution in [0.2, 0.25) is 0 Å². The highest BCUT2D eigenvalue weighted by Gasteiger charge is 2.12. The molecular formula is C17H21IN4O2. The van der Waals surface area contributed by atoms with E-state index in [1.165, 1.54) is 11.6 Å². The van der Waals surface area contributed by atoms with Crippen LogP contribution in [-0.2, 0) is 13.1 Å². The van der Waals surface area contributed by atoms with Gasteiger partial charge in [0.1, 0.15) is 0 Å². The summed E-state index contributed by atoms with van der Waals surface area (Å²) in [5, 5.41) is 17.3. The van der Waals surface area contributed by atoms with Crippen LogP contribution >= 0.6 is 24.0 Å². The fraction of sp³-hybridized carbons (Fsp3) is 0.235. The number of hydrogen-bond acceptors (Lipinski definition) is 3. The highest BCUT2D eigenvalue weighted by Crippen LogP contribution is 2.16. The van der Waals surface area contributed by atoms with Crippen molar-refractivity contribution in [1.82, 2.24) is 10.6 Å². The van der Waals surface area contributed by atoms with E-state index in [1.54, 1.807) is 25.2 Å². The smallest absolute Gasteiger partial charge is 0.274 e. The van der Waals surface area contributed by atoms with Crippen LogP contribution in [0.3, 0.4) is 0 Å². The predicted octanol–water partition coefficient (Wildman–Crippen LogP) is 3.39. The van der Waals surface area contributed by atoms with Crippen molar-refractivity contribution in [2.45, 2.75) is 20.0 Å². The van der Waals surface area contributed by atoms with Crippen molar-refractivity contribution in [3.8, 4) is 0 Å². The summed E-state index contributed by atoms with van der Waals surface area (Å²) in [5.41, 5.74) is 3.08. The standard InChI is InChI=1S/C17H20N4O2.HI/c1-13-6-5-7-14(10-13)11-19-17(18-2)20-12-15-8-3-4-9-16(15)21(22)23;/h3-10H,11-12H2,1-2H3,(H2,18,19,20);1H. The van der Waals surface area contributed by atoms with Gasteiger partial charge >= 0.3 is 0 Å². The number of hydrogen-bond donors (Lipinski definition) is 2. The van der Waals surface area contributed by atoms with Gasteiger partial charge in [-0.2, -0.15) is 0 Å². The van der Waals surface area contributed by atoms with Crippen molar-refractivity contribution in [1.29, 1.82) is 0 Å². The fourth-order valence-corrected chi connectivity index (χ4v) is 2.25. The first-order chi connectivity index (χ1) is 11.1. The quantitative estimate of drug-likeness (QED) is 0.246. The molecule has 0 aliphatic heterocycles. The first-order valence-corrected chi connectivity index (χ1v) is 7.32. The molecule has 2 aromatic carbocycles. The van der Waals surface area contributed by atoms with Crippen LogP contribution < -0.4 is 10.6 Å². The fourth-order valence-electron chi connectivity index (χ4n) is 2.25. The monoisotopic (exact) mass is 440 g/mol. The van der Waals surface area contributed by atoms with Gasteiger partial charge in [0, 0.05) is 31.8 Å². The number of nitrogens with one attached hydrogen (secondary N) is 2. The van der Waals surface area contributed by atoms with Crippen molar-refractivity contribution < 1.29 is 4.92 Å². The van der Waals surface area contributed by atoms with E-state index >= 15 is 0 Å². The second-order valence-corrected chi connectivity index (χ2v) is 5.15. The Balaban J connectivity index is 0.00000288. The van der Waals surface area contributed by atoms with Gasteiger partial charge in [-0.15, -0.1) is 24.0 Å². The van der Waals surface area contributed by atoms with E-state index in [9.17, 15) is 10.1 Å². The Morgan fingerprint density at radius 3 is 2.50 bits per heavy atom. The third kappa shape index (κ3) is 5.80. The molecule has 0 spiro atoms. The Morgan fingerprint density at radius 1 is 1.12 bits per heavy atom. The Labute approximate surface area is 158 Å². The number of nitro benzene ring substituents is 1. The van der Waals surface area contributed by atoms with Gasteiger partial charge in [-0.3, -0.25) is 15.1 Å². The molecule has 7 heteroatoms. The molecule has 0 atom stereocenters. The summed E-state index contributed by atoms with van der Waals surface area (Å²) in [6, 6.07) is 14.9. The number of nitro groups is 1. The van der Waals surface area contributed by atoms with Crippen LogP contribution in [-0.4, -0.2) is 17.9 Å². The normalized spacial score (nSPS) is 10.7. The Morgan fingerprint density at radius 2 is 1.83 bits per heavy atom. The first-order valence-electron chi connectivity index (χ1n) is 7.32. The van der Waals surface area contributed by atoms with E-state index in [2.05, 4.69) is 21.7 Å². The van der Waals surface area contributed by atoms with E-state index in [0.29, 0.717) is 24.6 Å². The SMILES string of the molecule is CN=C(NCc1cccc(C)c1)NCc1ccccc1[N+](=O)[O-].I. The second-order valence-electron chi connectivity index (χ2n) is 5.15. The van der Waals surface area contributed by atoms with Gasteiger partial charge in [-0.05, 0) is 12.5 Å². The first kappa shape index (κ1) is 19.9. The third-order valence-corrected chi connectivity index (χ3v) is 3.40. The van der Waals surface area contributed by atoms with Crippen molar-refractivity contribution in [3.05, 3.63) is 75.3 Å².